The molecular formula is C25H28N6O3. The topological polar surface area (TPSA) is 108 Å². The van der Waals surface area contributed by atoms with Crippen LogP contribution >= 0.6 is 0 Å². The second kappa shape index (κ2) is 11.1. The standard InChI is InChI=1S/C25H28N6O3/c1-18-15-22(31-13-5-6-14-31)30-24(27-18)29-21-11-9-20(10-12-21)28-23(32)16-26-25(33)34-17-19-7-3-2-4-8-19/h2-4,7-12,15H,5-6,13-14,16-17H2,1H3,(H,26,33)(H,28,32)(H,27,29,30). The van der Waals surface area contributed by atoms with Crippen LogP contribution in [0.3, 0.4) is 0 Å². The van der Waals surface area contributed by atoms with Crippen LogP contribution in [0.5, 0.6) is 0 Å². The Morgan fingerprint density at radius 1 is 0.971 bits per heavy atom. The largest absolute Gasteiger partial charge is 0.445 e. The van der Waals surface area contributed by atoms with Crippen LogP contribution in [-0.4, -0.2) is 41.6 Å². The number of rotatable bonds is 8. The van der Waals surface area contributed by atoms with Gasteiger partial charge in [0.25, 0.3) is 0 Å². The Balaban J connectivity index is 1.24. The van der Waals surface area contributed by atoms with Crippen molar-refractivity contribution in [2.75, 3.05) is 35.2 Å². The summed E-state index contributed by atoms with van der Waals surface area (Å²) in [7, 11) is 0. The van der Waals surface area contributed by atoms with Crippen molar-refractivity contribution in [2.45, 2.75) is 26.4 Å². The molecule has 2 heterocycles. The zero-order valence-corrected chi connectivity index (χ0v) is 19.1. The van der Waals surface area contributed by atoms with Crippen molar-refractivity contribution < 1.29 is 14.3 Å². The van der Waals surface area contributed by atoms with Gasteiger partial charge in [0.15, 0.2) is 0 Å². The van der Waals surface area contributed by atoms with Crippen LogP contribution < -0.4 is 20.9 Å². The van der Waals surface area contributed by atoms with Crippen LogP contribution in [0, 0.1) is 6.92 Å². The van der Waals surface area contributed by atoms with E-state index in [9.17, 15) is 9.59 Å². The number of aryl methyl sites for hydroxylation is 1. The van der Waals surface area contributed by atoms with Crippen LogP contribution in [0.1, 0.15) is 24.1 Å². The van der Waals surface area contributed by atoms with Gasteiger partial charge in [-0.05, 0) is 49.6 Å². The van der Waals surface area contributed by atoms with E-state index in [-0.39, 0.29) is 19.1 Å². The Bertz CT molecular complexity index is 1120. The Kier molecular flexibility index (Phi) is 7.54. The van der Waals surface area contributed by atoms with Crippen molar-refractivity contribution in [1.29, 1.82) is 0 Å². The molecule has 0 radical (unpaired) electrons. The molecule has 1 aliphatic heterocycles. The van der Waals surface area contributed by atoms with Gasteiger partial charge in [-0.25, -0.2) is 9.78 Å². The zero-order valence-electron chi connectivity index (χ0n) is 19.1. The summed E-state index contributed by atoms with van der Waals surface area (Å²) in [6.07, 6.45) is 1.72. The number of carbonyl (C=O) groups excluding carboxylic acids is 2. The molecule has 9 nitrogen and oxygen atoms in total. The van der Waals surface area contributed by atoms with E-state index < -0.39 is 6.09 Å². The van der Waals surface area contributed by atoms with Crippen molar-refractivity contribution in [3.8, 4) is 0 Å². The maximum atomic E-state index is 12.1. The number of benzene rings is 2. The van der Waals surface area contributed by atoms with Gasteiger partial charge in [-0.15, -0.1) is 0 Å². The first-order chi connectivity index (χ1) is 16.5. The lowest BCUT2D eigenvalue weighted by Crippen LogP contribution is -2.33. The summed E-state index contributed by atoms with van der Waals surface area (Å²) in [5, 5.41) is 8.41. The van der Waals surface area contributed by atoms with E-state index in [1.807, 2.05) is 55.5 Å². The summed E-state index contributed by atoms with van der Waals surface area (Å²) in [5.41, 5.74) is 3.19. The number of hydrogen-bond acceptors (Lipinski definition) is 7. The minimum absolute atomic E-state index is 0.146. The minimum atomic E-state index is -0.648. The molecule has 1 fully saturated rings. The molecule has 0 unspecified atom stereocenters. The van der Waals surface area contributed by atoms with E-state index in [0.717, 1.165) is 35.9 Å². The SMILES string of the molecule is Cc1cc(N2CCCC2)nc(Nc2ccc(NC(=O)CNC(=O)OCc3ccccc3)cc2)n1. The first kappa shape index (κ1) is 23.0. The quantitative estimate of drug-likeness (QED) is 0.466. The Labute approximate surface area is 198 Å². The number of alkyl carbamates (subject to hydrolysis) is 1. The molecule has 3 N–H and O–H groups in total. The number of nitrogens with one attached hydrogen (secondary N) is 3. The minimum Gasteiger partial charge on any atom is -0.445 e. The molecule has 2 amide bonds. The molecule has 0 spiro atoms. The normalized spacial score (nSPS) is 12.8. The van der Waals surface area contributed by atoms with Crippen molar-refractivity contribution in [3.63, 3.8) is 0 Å². The molecule has 0 atom stereocenters. The molecule has 0 bridgehead atoms. The highest BCUT2D eigenvalue weighted by Gasteiger charge is 2.15. The van der Waals surface area contributed by atoms with E-state index in [2.05, 4.69) is 30.8 Å². The average molecular weight is 461 g/mol. The fraction of sp³-hybridized carbons (Fsp3) is 0.280. The zero-order chi connectivity index (χ0) is 23.8. The molecule has 3 aromatic rings. The van der Waals surface area contributed by atoms with Gasteiger partial charge in [0, 0.05) is 36.2 Å². The fourth-order valence-corrected chi connectivity index (χ4v) is 3.61. The van der Waals surface area contributed by atoms with E-state index in [4.69, 9.17) is 4.74 Å². The van der Waals surface area contributed by atoms with Gasteiger partial charge in [0.2, 0.25) is 11.9 Å². The Morgan fingerprint density at radius 3 is 2.41 bits per heavy atom. The third-order valence-corrected chi connectivity index (χ3v) is 5.30. The lowest BCUT2D eigenvalue weighted by atomic mass is 10.2. The summed E-state index contributed by atoms with van der Waals surface area (Å²) < 4.78 is 5.10. The summed E-state index contributed by atoms with van der Waals surface area (Å²) in [5.74, 6) is 1.12. The van der Waals surface area contributed by atoms with Crippen LogP contribution in [0.4, 0.5) is 27.9 Å². The van der Waals surface area contributed by atoms with Gasteiger partial charge in [-0.1, -0.05) is 30.3 Å². The summed E-state index contributed by atoms with van der Waals surface area (Å²) in [6, 6.07) is 18.5. The van der Waals surface area contributed by atoms with Crippen LogP contribution in [0.15, 0.2) is 60.7 Å². The van der Waals surface area contributed by atoms with Crippen molar-refractivity contribution in [3.05, 3.63) is 71.9 Å². The van der Waals surface area contributed by atoms with Gasteiger partial charge in [-0.2, -0.15) is 4.98 Å². The lowest BCUT2D eigenvalue weighted by molar-refractivity contribution is -0.115. The van der Waals surface area contributed by atoms with Crippen molar-refractivity contribution in [1.82, 2.24) is 15.3 Å². The first-order valence-electron chi connectivity index (χ1n) is 11.3. The van der Waals surface area contributed by atoms with Crippen LogP contribution in [-0.2, 0) is 16.1 Å². The number of aromatic nitrogens is 2. The molecule has 0 aliphatic carbocycles. The number of anilines is 4. The molecule has 2 aromatic carbocycles. The monoisotopic (exact) mass is 460 g/mol. The molecule has 1 aromatic heterocycles. The molecule has 34 heavy (non-hydrogen) atoms. The van der Waals surface area contributed by atoms with Gasteiger partial charge in [0.1, 0.15) is 19.0 Å². The third kappa shape index (κ3) is 6.68. The number of hydrogen-bond donors (Lipinski definition) is 3. The maximum absolute atomic E-state index is 12.1. The second-order valence-electron chi connectivity index (χ2n) is 8.05. The Morgan fingerprint density at radius 2 is 1.68 bits per heavy atom. The molecule has 4 rings (SSSR count). The highest BCUT2D eigenvalue weighted by molar-refractivity contribution is 5.94. The highest BCUT2D eigenvalue weighted by Crippen LogP contribution is 2.22. The molecular weight excluding hydrogens is 432 g/mol. The predicted octanol–water partition coefficient (Wildman–Crippen LogP) is 3.99. The molecule has 1 aliphatic rings. The van der Waals surface area contributed by atoms with E-state index >= 15 is 0 Å². The molecule has 1 saturated heterocycles. The number of ether oxygens (including phenoxy) is 1. The average Bonchev–Trinajstić information content (AvgIpc) is 3.38. The smallest absolute Gasteiger partial charge is 0.407 e. The van der Waals surface area contributed by atoms with Gasteiger partial charge < -0.3 is 25.6 Å². The Hall–Kier alpha value is -4.14. The molecule has 0 saturated carbocycles. The van der Waals surface area contributed by atoms with E-state index in [1.165, 1.54) is 12.8 Å². The van der Waals surface area contributed by atoms with Gasteiger partial charge in [0.05, 0.1) is 0 Å². The summed E-state index contributed by atoms with van der Waals surface area (Å²) >= 11 is 0. The third-order valence-electron chi connectivity index (χ3n) is 5.30. The fourth-order valence-electron chi connectivity index (χ4n) is 3.61. The number of nitrogens with zero attached hydrogens (tertiary/aromatic N) is 3. The molecule has 9 heteroatoms. The predicted molar refractivity (Wildman–Crippen MR) is 131 cm³/mol. The number of carbonyl (C=O) groups is 2. The van der Waals surface area contributed by atoms with Crippen molar-refractivity contribution in [2.24, 2.45) is 0 Å². The number of amides is 2. The van der Waals surface area contributed by atoms with Crippen LogP contribution in [0.2, 0.25) is 0 Å². The van der Waals surface area contributed by atoms with Crippen LogP contribution in [0.25, 0.3) is 0 Å². The summed E-state index contributed by atoms with van der Waals surface area (Å²) in [4.78, 5) is 35.3. The van der Waals surface area contributed by atoms with Gasteiger partial charge >= 0.3 is 6.09 Å². The molecule has 176 valence electrons. The van der Waals surface area contributed by atoms with Crippen molar-refractivity contribution >= 4 is 35.1 Å². The van der Waals surface area contributed by atoms with Gasteiger partial charge in [-0.3, -0.25) is 4.79 Å². The lowest BCUT2D eigenvalue weighted by Gasteiger charge is -2.17. The maximum Gasteiger partial charge on any atom is 0.407 e. The first-order valence-corrected chi connectivity index (χ1v) is 11.3. The highest BCUT2D eigenvalue weighted by atomic mass is 16.5. The van der Waals surface area contributed by atoms with E-state index in [0.29, 0.717) is 11.6 Å². The summed E-state index contributed by atoms with van der Waals surface area (Å²) in [6.45, 7) is 3.95. The second-order valence-corrected chi connectivity index (χ2v) is 8.05. The van der Waals surface area contributed by atoms with E-state index in [1.54, 1.807) is 12.1 Å².